The van der Waals surface area contributed by atoms with Crippen LogP contribution in [0.25, 0.3) is 0 Å². The molecule has 1 heterocycles. The molecule has 6 nitrogen and oxygen atoms in total. The van der Waals surface area contributed by atoms with Crippen LogP contribution in [0, 0.1) is 0 Å². The molecule has 1 aliphatic heterocycles. The summed E-state index contributed by atoms with van der Waals surface area (Å²) in [6.07, 6.45) is 0.724. The number of carbonyl (C=O) groups excluding carboxylic acids is 1. The first-order valence-electron chi connectivity index (χ1n) is 10.1. The number of carbonyl (C=O) groups is 1. The highest BCUT2D eigenvalue weighted by molar-refractivity contribution is 5.84. The summed E-state index contributed by atoms with van der Waals surface area (Å²) in [6, 6.07) is 19.2. The van der Waals surface area contributed by atoms with Crippen LogP contribution in [0.5, 0.6) is 0 Å². The summed E-state index contributed by atoms with van der Waals surface area (Å²) in [4.78, 5) is 12.8. The average Bonchev–Trinajstić information content (AvgIpc) is 3.10. The van der Waals surface area contributed by atoms with E-state index in [1.54, 1.807) is 13.2 Å². The maximum Gasteiger partial charge on any atom is 0.252 e. The Morgan fingerprint density at radius 2 is 1.60 bits per heavy atom. The lowest BCUT2D eigenvalue weighted by Gasteiger charge is -2.29. The van der Waals surface area contributed by atoms with Gasteiger partial charge in [-0.3, -0.25) is 4.79 Å². The minimum Gasteiger partial charge on any atom is -0.368 e. The van der Waals surface area contributed by atoms with Gasteiger partial charge >= 0.3 is 0 Å². The van der Waals surface area contributed by atoms with Crippen LogP contribution in [-0.2, 0) is 37.0 Å². The van der Waals surface area contributed by atoms with Crippen molar-refractivity contribution < 1.29 is 23.7 Å². The van der Waals surface area contributed by atoms with E-state index in [-0.39, 0.29) is 24.8 Å². The molecule has 0 aliphatic carbocycles. The van der Waals surface area contributed by atoms with E-state index in [0.717, 1.165) is 11.1 Å². The molecule has 1 fully saturated rings. The standard InChI is InChI=1S/C24H29NO5/c1-3-10-20(30-17-27-2)21-22(28-15-18-11-6-4-7-12-18)23(24(26)25-21)29-16-19-13-8-5-9-14-19/h3-9,11-14,20-23H,1,10,15-17H2,2H3,(H,25,26)/t20-,21-,22+,23-/m0/s1. The monoisotopic (exact) mass is 411 g/mol. The highest BCUT2D eigenvalue weighted by Gasteiger charge is 2.47. The summed E-state index contributed by atoms with van der Waals surface area (Å²) in [6.45, 7) is 4.61. The van der Waals surface area contributed by atoms with Crippen LogP contribution in [0.4, 0.5) is 0 Å². The van der Waals surface area contributed by atoms with Crippen molar-refractivity contribution in [2.24, 2.45) is 0 Å². The van der Waals surface area contributed by atoms with Gasteiger partial charge in [-0.15, -0.1) is 6.58 Å². The molecular formula is C24H29NO5. The first-order chi connectivity index (χ1) is 14.7. The summed E-state index contributed by atoms with van der Waals surface area (Å²) in [5, 5.41) is 3.00. The van der Waals surface area contributed by atoms with E-state index in [9.17, 15) is 4.79 Å². The highest BCUT2D eigenvalue weighted by Crippen LogP contribution is 2.25. The van der Waals surface area contributed by atoms with Crippen LogP contribution in [0.15, 0.2) is 73.3 Å². The Hall–Kier alpha value is -2.51. The first-order valence-corrected chi connectivity index (χ1v) is 10.1. The van der Waals surface area contributed by atoms with Crippen molar-refractivity contribution in [2.75, 3.05) is 13.9 Å². The van der Waals surface area contributed by atoms with Gasteiger partial charge < -0.3 is 24.3 Å². The fourth-order valence-corrected chi connectivity index (χ4v) is 3.50. The molecule has 0 aromatic heterocycles. The van der Waals surface area contributed by atoms with Gasteiger partial charge in [0.1, 0.15) is 12.9 Å². The van der Waals surface area contributed by atoms with Crippen LogP contribution in [0.3, 0.4) is 0 Å². The molecule has 0 unspecified atom stereocenters. The van der Waals surface area contributed by atoms with Crippen molar-refractivity contribution in [3.63, 3.8) is 0 Å². The van der Waals surface area contributed by atoms with Gasteiger partial charge in [-0.1, -0.05) is 66.7 Å². The lowest BCUT2D eigenvalue weighted by atomic mass is 10.0. The number of rotatable bonds is 12. The average molecular weight is 411 g/mol. The zero-order valence-corrected chi connectivity index (χ0v) is 17.2. The lowest BCUT2D eigenvalue weighted by Crippen LogP contribution is -2.46. The molecule has 2 aromatic rings. The van der Waals surface area contributed by atoms with E-state index in [1.165, 1.54) is 0 Å². The van der Waals surface area contributed by atoms with Crippen molar-refractivity contribution in [3.8, 4) is 0 Å². The Labute approximate surface area is 177 Å². The summed E-state index contributed by atoms with van der Waals surface area (Å²) in [5.41, 5.74) is 2.02. The predicted octanol–water partition coefficient (Wildman–Crippen LogP) is 3.22. The second-order valence-corrected chi connectivity index (χ2v) is 7.15. The zero-order chi connectivity index (χ0) is 21.2. The summed E-state index contributed by atoms with van der Waals surface area (Å²) in [7, 11) is 1.56. The third-order valence-electron chi connectivity index (χ3n) is 4.98. The Balaban J connectivity index is 1.75. The van der Waals surface area contributed by atoms with E-state index in [1.807, 2.05) is 60.7 Å². The summed E-state index contributed by atoms with van der Waals surface area (Å²) >= 11 is 0. The Bertz CT molecular complexity index is 783. The number of nitrogens with one attached hydrogen (secondary N) is 1. The third-order valence-corrected chi connectivity index (χ3v) is 4.98. The molecule has 1 amide bonds. The quantitative estimate of drug-likeness (QED) is 0.429. The molecule has 160 valence electrons. The van der Waals surface area contributed by atoms with Crippen molar-refractivity contribution in [1.82, 2.24) is 5.32 Å². The third kappa shape index (κ3) is 6.00. The van der Waals surface area contributed by atoms with Gasteiger partial charge in [0.05, 0.1) is 25.4 Å². The Morgan fingerprint density at radius 3 is 2.17 bits per heavy atom. The van der Waals surface area contributed by atoms with Crippen LogP contribution >= 0.6 is 0 Å². The highest BCUT2D eigenvalue weighted by atomic mass is 16.7. The number of benzene rings is 2. The van der Waals surface area contributed by atoms with E-state index in [2.05, 4.69) is 11.9 Å². The van der Waals surface area contributed by atoms with Gasteiger partial charge in [-0.25, -0.2) is 0 Å². The van der Waals surface area contributed by atoms with Crippen molar-refractivity contribution >= 4 is 5.91 Å². The molecule has 1 aliphatic rings. The Morgan fingerprint density at radius 1 is 1.00 bits per heavy atom. The number of hydrogen-bond acceptors (Lipinski definition) is 5. The fraction of sp³-hybridized carbons (Fsp3) is 0.375. The molecule has 30 heavy (non-hydrogen) atoms. The van der Waals surface area contributed by atoms with Gasteiger partial charge in [0, 0.05) is 7.11 Å². The molecular weight excluding hydrogens is 382 g/mol. The summed E-state index contributed by atoms with van der Waals surface area (Å²) in [5.74, 6) is -0.205. The molecule has 0 radical (unpaired) electrons. The number of hydrogen-bond donors (Lipinski definition) is 1. The van der Waals surface area contributed by atoms with Crippen molar-refractivity contribution in [2.45, 2.75) is 44.0 Å². The first kappa shape index (κ1) is 22.2. The minimum atomic E-state index is -0.739. The van der Waals surface area contributed by atoms with Gasteiger partial charge in [-0.05, 0) is 17.5 Å². The number of ether oxygens (including phenoxy) is 4. The van der Waals surface area contributed by atoms with Crippen molar-refractivity contribution in [3.05, 3.63) is 84.4 Å². The molecule has 0 bridgehead atoms. The molecule has 1 N–H and O–H groups in total. The molecule has 0 saturated carbocycles. The van der Waals surface area contributed by atoms with Crippen LogP contribution in [0.2, 0.25) is 0 Å². The maximum absolute atomic E-state index is 12.8. The smallest absolute Gasteiger partial charge is 0.252 e. The van der Waals surface area contributed by atoms with Gasteiger partial charge in [0.15, 0.2) is 6.10 Å². The topological polar surface area (TPSA) is 66.0 Å². The molecule has 6 heteroatoms. The summed E-state index contributed by atoms with van der Waals surface area (Å²) < 4.78 is 23.1. The molecule has 3 rings (SSSR count). The molecule has 2 aromatic carbocycles. The normalized spacial score (nSPS) is 21.9. The fourth-order valence-electron chi connectivity index (χ4n) is 3.50. The van der Waals surface area contributed by atoms with Gasteiger partial charge in [0.2, 0.25) is 0 Å². The molecule has 4 atom stereocenters. The van der Waals surface area contributed by atoms with Crippen molar-refractivity contribution in [1.29, 1.82) is 0 Å². The SMILES string of the molecule is C=CC[C@H](OCOC)[C@@H]1NC(=O)[C@@H](OCc2ccccc2)[C@@H]1OCc1ccccc1. The van der Waals surface area contributed by atoms with Gasteiger partial charge in [-0.2, -0.15) is 0 Å². The van der Waals surface area contributed by atoms with E-state index >= 15 is 0 Å². The second kappa shape index (κ2) is 11.6. The van der Waals surface area contributed by atoms with Gasteiger partial charge in [0.25, 0.3) is 5.91 Å². The number of amides is 1. The second-order valence-electron chi connectivity index (χ2n) is 7.15. The predicted molar refractivity (Wildman–Crippen MR) is 114 cm³/mol. The molecule has 0 spiro atoms. The zero-order valence-electron chi connectivity index (χ0n) is 17.2. The van der Waals surface area contributed by atoms with Crippen LogP contribution in [0.1, 0.15) is 17.5 Å². The van der Waals surface area contributed by atoms with Crippen LogP contribution in [-0.4, -0.2) is 44.2 Å². The minimum absolute atomic E-state index is 0.117. The van der Waals surface area contributed by atoms with E-state index in [0.29, 0.717) is 19.6 Å². The Kier molecular flexibility index (Phi) is 8.59. The lowest BCUT2D eigenvalue weighted by molar-refractivity contribution is -0.139. The van der Waals surface area contributed by atoms with Crippen LogP contribution < -0.4 is 5.32 Å². The largest absolute Gasteiger partial charge is 0.368 e. The molecule has 1 saturated heterocycles. The van der Waals surface area contributed by atoms with E-state index < -0.39 is 12.2 Å². The number of methoxy groups -OCH3 is 1. The van der Waals surface area contributed by atoms with E-state index in [4.69, 9.17) is 18.9 Å². The maximum atomic E-state index is 12.8.